The van der Waals surface area contributed by atoms with Crippen molar-refractivity contribution in [1.29, 1.82) is 0 Å². The van der Waals surface area contributed by atoms with E-state index in [0.29, 0.717) is 11.3 Å². The van der Waals surface area contributed by atoms with Crippen LogP contribution in [0, 0.1) is 27.7 Å². The van der Waals surface area contributed by atoms with Crippen LogP contribution < -0.4 is 14.9 Å². The zero-order valence-electron chi connectivity index (χ0n) is 22.0. The van der Waals surface area contributed by atoms with Crippen molar-refractivity contribution in [3.05, 3.63) is 75.3 Å². The monoisotopic (exact) mass is 536 g/mol. The van der Waals surface area contributed by atoms with Gasteiger partial charge in [0.1, 0.15) is 39.9 Å². The highest BCUT2D eigenvalue weighted by Crippen LogP contribution is 2.36. The molecular formula is C28H28N2O9. The molecule has 0 heterocycles. The summed E-state index contributed by atoms with van der Waals surface area (Å²) in [7, 11) is 1.17. The number of ether oxygens (including phenoxy) is 3. The number of aromatic hydroxyl groups is 3. The summed E-state index contributed by atoms with van der Waals surface area (Å²) in [6.45, 7) is 5.99. The van der Waals surface area contributed by atoms with Crippen molar-refractivity contribution in [2.75, 3.05) is 13.7 Å². The first-order chi connectivity index (χ1) is 18.4. The average Bonchev–Trinajstić information content (AvgIpc) is 2.87. The number of carbonyl (C=O) groups is 3. The highest BCUT2D eigenvalue weighted by molar-refractivity contribution is 6.01. The number of hydrogen-bond acceptors (Lipinski definition) is 10. The molecule has 11 nitrogen and oxygen atoms in total. The predicted octanol–water partition coefficient (Wildman–Crippen LogP) is 3.57. The van der Waals surface area contributed by atoms with E-state index in [2.05, 4.69) is 15.3 Å². The quantitative estimate of drug-likeness (QED) is 0.146. The van der Waals surface area contributed by atoms with Gasteiger partial charge >= 0.3 is 11.9 Å². The fourth-order valence-corrected chi connectivity index (χ4v) is 3.72. The summed E-state index contributed by atoms with van der Waals surface area (Å²) >= 11 is 0. The summed E-state index contributed by atoms with van der Waals surface area (Å²) in [6.07, 6.45) is 0.970. The smallest absolute Gasteiger partial charge is 0.347 e. The zero-order valence-corrected chi connectivity index (χ0v) is 22.0. The third-order valence-electron chi connectivity index (χ3n) is 5.76. The fraction of sp³-hybridized carbons (Fsp3) is 0.214. The average molecular weight is 537 g/mol. The minimum absolute atomic E-state index is 0.0504. The van der Waals surface area contributed by atoms with Gasteiger partial charge in [0.05, 0.1) is 18.9 Å². The molecule has 0 fully saturated rings. The van der Waals surface area contributed by atoms with E-state index in [4.69, 9.17) is 9.47 Å². The Morgan fingerprint density at radius 3 is 2.26 bits per heavy atom. The second kappa shape index (κ2) is 12.0. The lowest BCUT2D eigenvalue weighted by Gasteiger charge is -2.16. The van der Waals surface area contributed by atoms with Gasteiger partial charge in [0.15, 0.2) is 6.61 Å². The van der Waals surface area contributed by atoms with Crippen molar-refractivity contribution in [2.45, 2.75) is 27.7 Å². The number of benzene rings is 3. The lowest BCUT2D eigenvalue weighted by molar-refractivity contribution is -0.123. The molecule has 0 unspecified atom stereocenters. The standard InChI is InChI=1S/C28H28N2O9/c1-14-7-6-8-18(9-14)38-13-22(32)30-29-12-19-20(31)10-15(2)24(26(19)34)28(36)39-21-11-16(3)23(27(35)37-5)25(33)17(21)4/h6-12,31,33-34H,13H2,1-5H3,(H,30,32)/b29-12+. The van der Waals surface area contributed by atoms with Gasteiger partial charge in [0, 0.05) is 5.56 Å². The minimum atomic E-state index is -0.997. The Bertz CT molecular complexity index is 1480. The number of hydrogen-bond donors (Lipinski definition) is 4. The molecule has 0 bridgehead atoms. The third-order valence-corrected chi connectivity index (χ3v) is 5.76. The number of carbonyl (C=O) groups excluding carboxylic acids is 3. The number of nitrogens with one attached hydrogen (secondary N) is 1. The number of rotatable bonds is 8. The van der Waals surface area contributed by atoms with Crippen LogP contribution in [0.2, 0.25) is 0 Å². The molecule has 3 rings (SSSR count). The van der Waals surface area contributed by atoms with Crippen LogP contribution in [0.1, 0.15) is 48.5 Å². The SMILES string of the molecule is COC(=O)c1c(C)cc(OC(=O)c2c(C)cc(O)c(/C=N/NC(=O)COc3cccc(C)c3)c2O)c(C)c1O. The molecule has 0 aliphatic rings. The van der Waals surface area contributed by atoms with Gasteiger partial charge in [-0.3, -0.25) is 4.79 Å². The van der Waals surface area contributed by atoms with Gasteiger partial charge in [-0.2, -0.15) is 5.10 Å². The van der Waals surface area contributed by atoms with Crippen LogP contribution >= 0.6 is 0 Å². The first-order valence-corrected chi connectivity index (χ1v) is 11.6. The fourth-order valence-electron chi connectivity index (χ4n) is 3.72. The number of phenols is 3. The number of methoxy groups -OCH3 is 1. The van der Waals surface area contributed by atoms with Gasteiger partial charge in [0.25, 0.3) is 5.91 Å². The Morgan fingerprint density at radius 1 is 0.923 bits per heavy atom. The van der Waals surface area contributed by atoms with Crippen LogP contribution in [0.15, 0.2) is 41.5 Å². The van der Waals surface area contributed by atoms with Crippen LogP contribution in [0.25, 0.3) is 0 Å². The molecule has 11 heteroatoms. The van der Waals surface area contributed by atoms with Crippen molar-refractivity contribution in [1.82, 2.24) is 5.43 Å². The number of amides is 1. The number of hydrazone groups is 1. The number of esters is 2. The lowest BCUT2D eigenvalue weighted by Crippen LogP contribution is -2.24. The molecule has 0 aliphatic carbocycles. The zero-order chi connectivity index (χ0) is 28.9. The summed E-state index contributed by atoms with van der Waals surface area (Å²) < 4.78 is 15.5. The number of phenolic OH excluding ortho intramolecular Hbond substituents is 3. The first kappa shape index (κ1) is 28.5. The molecule has 0 atom stereocenters. The van der Waals surface area contributed by atoms with Crippen molar-refractivity contribution < 1.29 is 43.9 Å². The molecule has 4 N–H and O–H groups in total. The van der Waals surface area contributed by atoms with Gasteiger partial charge in [-0.1, -0.05) is 12.1 Å². The number of nitrogens with zero attached hydrogens (tertiary/aromatic N) is 1. The molecule has 0 aliphatic heterocycles. The molecule has 39 heavy (non-hydrogen) atoms. The summed E-state index contributed by atoms with van der Waals surface area (Å²) in [6, 6.07) is 9.73. The maximum atomic E-state index is 13.0. The highest BCUT2D eigenvalue weighted by Gasteiger charge is 2.25. The molecule has 0 spiro atoms. The van der Waals surface area contributed by atoms with Crippen molar-refractivity contribution >= 4 is 24.1 Å². The first-order valence-electron chi connectivity index (χ1n) is 11.6. The van der Waals surface area contributed by atoms with E-state index < -0.39 is 35.1 Å². The van der Waals surface area contributed by atoms with E-state index >= 15 is 0 Å². The molecule has 204 valence electrons. The molecule has 0 saturated carbocycles. The molecule has 3 aromatic carbocycles. The topological polar surface area (TPSA) is 164 Å². The van der Waals surface area contributed by atoms with E-state index in [9.17, 15) is 29.7 Å². The van der Waals surface area contributed by atoms with Crippen molar-refractivity contribution in [2.24, 2.45) is 5.10 Å². The van der Waals surface area contributed by atoms with Crippen LogP contribution in [0.4, 0.5) is 0 Å². The van der Waals surface area contributed by atoms with Crippen LogP contribution in [0.3, 0.4) is 0 Å². The van der Waals surface area contributed by atoms with E-state index in [0.717, 1.165) is 11.8 Å². The maximum Gasteiger partial charge on any atom is 0.347 e. The normalized spacial score (nSPS) is 10.8. The number of aryl methyl sites for hydroxylation is 3. The van der Waals surface area contributed by atoms with Crippen LogP contribution in [-0.4, -0.2) is 53.1 Å². The van der Waals surface area contributed by atoms with E-state index in [1.54, 1.807) is 18.2 Å². The largest absolute Gasteiger partial charge is 0.507 e. The van der Waals surface area contributed by atoms with Gasteiger partial charge in [-0.15, -0.1) is 0 Å². The molecule has 3 aromatic rings. The Hall–Kier alpha value is -5.06. The maximum absolute atomic E-state index is 13.0. The van der Waals surface area contributed by atoms with Crippen LogP contribution in [0.5, 0.6) is 28.7 Å². The van der Waals surface area contributed by atoms with Gasteiger partial charge in [-0.25, -0.2) is 15.0 Å². The summed E-state index contributed by atoms with van der Waals surface area (Å²) in [5.74, 6) is -3.35. The van der Waals surface area contributed by atoms with Gasteiger partial charge in [-0.05, 0) is 68.7 Å². The molecule has 1 amide bonds. The van der Waals surface area contributed by atoms with E-state index in [-0.39, 0.29) is 40.2 Å². The predicted molar refractivity (Wildman–Crippen MR) is 141 cm³/mol. The van der Waals surface area contributed by atoms with Crippen molar-refractivity contribution in [3.8, 4) is 28.7 Å². The Kier molecular flexibility index (Phi) is 8.77. The lowest BCUT2D eigenvalue weighted by atomic mass is 10.0. The minimum Gasteiger partial charge on any atom is -0.507 e. The molecule has 0 saturated heterocycles. The van der Waals surface area contributed by atoms with Gasteiger partial charge in [0.2, 0.25) is 0 Å². The summed E-state index contributed by atoms with van der Waals surface area (Å²) in [4.78, 5) is 37.1. The summed E-state index contributed by atoms with van der Waals surface area (Å²) in [5, 5.41) is 35.3. The molecule has 0 aromatic heterocycles. The van der Waals surface area contributed by atoms with Gasteiger partial charge < -0.3 is 29.5 Å². The Labute approximate surface area is 224 Å². The second-order valence-corrected chi connectivity index (χ2v) is 8.67. The Balaban J connectivity index is 1.79. The Morgan fingerprint density at radius 2 is 1.59 bits per heavy atom. The van der Waals surface area contributed by atoms with E-state index in [1.807, 2.05) is 13.0 Å². The summed E-state index contributed by atoms with van der Waals surface area (Å²) in [5.41, 5.74) is 3.17. The molecular weight excluding hydrogens is 508 g/mol. The second-order valence-electron chi connectivity index (χ2n) is 8.67. The van der Waals surface area contributed by atoms with E-state index in [1.165, 1.54) is 40.0 Å². The highest BCUT2D eigenvalue weighted by atomic mass is 16.5. The third kappa shape index (κ3) is 6.45. The van der Waals surface area contributed by atoms with Crippen LogP contribution in [-0.2, 0) is 9.53 Å². The molecule has 0 radical (unpaired) electrons. The van der Waals surface area contributed by atoms with Crippen molar-refractivity contribution in [3.63, 3.8) is 0 Å².